The largest absolute Gasteiger partial charge is 0.496 e. The molecule has 0 heterocycles. The van der Waals surface area contributed by atoms with Gasteiger partial charge in [-0.2, -0.15) is 0 Å². The molecule has 4 nitrogen and oxygen atoms in total. The smallest absolute Gasteiger partial charge is 0.316 e. The highest BCUT2D eigenvalue weighted by molar-refractivity contribution is 6.00. The Morgan fingerprint density at radius 2 is 1.96 bits per heavy atom. The van der Waals surface area contributed by atoms with Crippen molar-refractivity contribution >= 4 is 11.8 Å². The Balaban J connectivity index is 2.12. The summed E-state index contributed by atoms with van der Waals surface area (Å²) in [6.45, 7) is 6.54. The highest BCUT2D eigenvalue weighted by atomic mass is 16.5. The Morgan fingerprint density at radius 3 is 2.56 bits per heavy atom. The number of carbonyl (C=O) groups is 2. The molecule has 0 saturated heterocycles. The van der Waals surface area contributed by atoms with Crippen LogP contribution in [0.2, 0.25) is 0 Å². The van der Waals surface area contributed by atoms with Gasteiger partial charge in [0.05, 0.1) is 14.2 Å². The summed E-state index contributed by atoms with van der Waals surface area (Å²) in [6.07, 6.45) is 2.86. The van der Waals surface area contributed by atoms with Crippen LogP contribution in [0.15, 0.2) is 12.1 Å². The van der Waals surface area contributed by atoms with Gasteiger partial charge in [-0.1, -0.05) is 32.9 Å². The maximum absolute atomic E-state index is 12.4. The van der Waals surface area contributed by atoms with Gasteiger partial charge in [0, 0.05) is 6.42 Å². The number of carbonyl (C=O) groups excluding carboxylic acids is 2. The molecule has 0 amide bonds. The third-order valence-electron chi connectivity index (χ3n) is 6.35. The third kappa shape index (κ3) is 2.66. The summed E-state index contributed by atoms with van der Waals surface area (Å²) in [7, 11) is 3.10. The van der Waals surface area contributed by atoms with Gasteiger partial charge in [0.1, 0.15) is 17.5 Å². The molecule has 136 valence electrons. The van der Waals surface area contributed by atoms with Crippen LogP contribution in [0, 0.1) is 11.8 Å². The van der Waals surface area contributed by atoms with E-state index in [0.29, 0.717) is 12.3 Å². The lowest BCUT2D eigenvalue weighted by Crippen LogP contribution is -2.50. The molecule has 0 spiro atoms. The molecule has 2 aliphatic rings. The van der Waals surface area contributed by atoms with Gasteiger partial charge in [0.15, 0.2) is 0 Å². The van der Waals surface area contributed by atoms with Crippen LogP contribution in [0.5, 0.6) is 5.75 Å². The quantitative estimate of drug-likeness (QED) is 0.618. The summed E-state index contributed by atoms with van der Waals surface area (Å²) in [5.74, 6) is 0.398. The first-order valence-electron chi connectivity index (χ1n) is 9.16. The maximum Gasteiger partial charge on any atom is 0.316 e. The topological polar surface area (TPSA) is 52.6 Å². The van der Waals surface area contributed by atoms with E-state index in [0.717, 1.165) is 25.0 Å². The normalized spacial score (nSPS) is 28.3. The molecule has 1 aromatic carbocycles. The number of benzene rings is 1. The number of methoxy groups -OCH3 is 2. The van der Waals surface area contributed by atoms with E-state index < -0.39 is 5.92 Å². The fraction of sp³-hybridized carbons (Fsp3) is 0.619. The predicted octanol–water partition coefficient (Wildman–Crippen LogP) is 3.79. The van der Waals surface area contributed by atoms with E-state index in [-0.39, 0.29) is 23.1 Å². The lowest BCUT2D eigenvalue weighted by molar-refractivity contribution is -0.155. The molecule has 0 bridgehead atoms. The zero-order valence-corrected chi connectivity index (χ0v) is 15.8. The Hall–Kier alpha value is -1.84. The van der Waals surface area contributed by atoms with Crippen molar-refractivity contribution in [3.63, 3.8) is 0 Å². The van der Waals surface area contributed by atoms with Gasteiger partial charge >= 0.3 is 5.97 Å². The molecule has 1 fully saturated rings. The van der Waals surface area contributed by atoms with E-state index in [4.69, 9.17) is 9.47 Å². The number of ether oxygens (including phenoxy) is 2. The average molecular weight is 344 g/mol. The van der Waals surface area contributed by atoms with Gasteiger partial charge in [-0.05, 0) is 53.2 Å². The molecule has 2 aliphatic carbocycles. The molecule has 0 aromatic heterocycles. The third-order valence-corrected chi connectivity index (χ3v) is 6.35. The number of fused-ring (bicyclic) bond motifs is 3. The molecule has 1 saturated carbocycles. The standard InChI is InChI=1S/C21H28O4/c1-12(2)13-6-8-15-14(19(13)24-4)7-9-16-18(20(23)25-5)17(22)10-11-21(15,16)3/h6,8,12,16,18H,7,9-11H2,1-5H3/t16-,18-,21+/m0/s1. The van der Waals surface area contributed by atoms with Crippen LogP contribution in [-0.2, 0) is 26.2 Å². The van der Waals surface area contributed by atoms with Crippen LogP contribution in [0.4, 0.5) is 0 Å². The monoisotopic (exact) mass is 344 g/mol. The minimum absolute atomic E-state index is 0.00306. The maximum atomic E-state index is 12.4. The van der Waals surface area contributed by atoms with Crippen molar-refractivity contribution in [2.45, 2.75) is 57.8 Å². The molecular weight excluding hydrogens is 316 g/mol. The van der Waals surface area contributed by atoms with Gasteiger partial charge in [0.25, 0.3) is 0 Å². The Morgan fingerprint density at radius 1 is 1.24 bits per heavy atom. The fourth-order valence-corrected chi connectivity index (χ4v) is 4.98. The number of rotatable bonds is 3. The molecule has 25 heavy (non-hydrogen) atoms. The van der Waals surface area contributed by atoms with Crippen molar-refractivity contribution in [3.05, 3.63) is 28.8 Å². The summed E-state index contributed by atoms with van der Waals surface area (Å²) in [5.41, 5.74) is 3.53. The minimum Gasteiger partial charge on any atom is -0.496 e. The number of Topliss-reactive ketones (excluding diaryl/α,β-unsaturated/α-hetero) is 1. The van der Waals surface area contributed by atoms with Crippen molar-refractivity contribution < 1.29 is 19.1 Å². The number of esters is 1. The molecule has 3 rings (SSSR count). The van der Waals surface area contributed by atoms with Gasteiger partial charge in [-0.25, -0.2) is 0 Å². The summed E-state index contributed by atoms with van der Waals surface area (Å²) >= 11 is 0. The van der Waals surface area contributed by atoms with Crippen LogP contribution < -0.4 is 4.74 Å². The van der Waals surface area contributed by atoms with Crippen LogP contribution in [0.25, 0.3) is 0 Å². The second-order valence-corrected chi connectivity index (χ2v) is 7.90. The van der Waals surface area contributed by atoms with Crippen LogP contribution in [0.1, 0.15) is 62.6 Å². The Kier molecular flexibility index (Phi) is 4.65. The zero-order chi connectivity index (χ0) is 18.4. The molecule has 4 heteroatoms. The molecule has 1 aromatic rings. The molecule has 0 radical (unpaired) electrons. The average Bonchev–Trinajstić information content (AvgIpc) is 2.60. The molecule has 0 aliphatic heterocycles. The molecular formula is C21H28O4. The number of ketones is 1. The van der Waals surface area contributed by atoms with Gasteiger partial charge in [-0.3, -0.25) is 9.59 Å². The fourth-order valence-electron chi connectivity index (χ4n) is 4.98. The summed E-state index contributed by atoms with van der Waals surface area (Å²) in [5, 5.41) is 0. The van der Waals surface area contributed by atoms with E-state index in [2.05, 4.69) is 32.9 Å². The summed E-state index contributed by atoms with van der Waals surface area (Å²) in [4.78, 5) is 24.7. The van der Waals surface area contributed by atoms with E-state index in [9.17, 15) is 9.59 Å². The first-order chi connectivity index (χ1) is 11.8. The van der Waals surface area contributed by atoms with Gasteiger partial charge < -0.3 is 9.47 Å². The Labute approximate surface area is 149 Å². The minimum atomic E-state index is -0.632. The first-order valence-corrected chi connectivity index (χ1v) is 9.16. The van der Waals surface area contributed by atoms with Crippen LogP contribution in [-0.4, -0.2) is 26.0 Å². The van der Waals surface area contributed by atoms with Crippen LogP contribution in [0.3, 0.4) is 0 Å². The SMILES string of the molecule is COC(=O)[C@@H]1C(=O)CC[C@]2(C)c3ccc(C(C)C)c(OC)c3CC[C@@H]12. The van der Waals surface area contributed by atoms with Crippen molar-refractivity contribution in [3.8, 4) is 5.75 Å². The first kappa shape index (κ1) is 18.0. The van der Waals surface area contributed by atoms with Crippen molar-refractivity contribution in [1.29, 1.82) is 0 Å². The summed E-state index contributed by atoms with van der Waals surface area (Å²) < 4.78 is 10.7. The highest BCUT2D eigenvalue weighted by Crippen LogP contribution is 2.53. The van der Waals surface area contributed by atoms with Crippen molar-refractivity contribution in [1.82, 2.24) is 0 Å². The van der Waals surface area contributed by atoms with E-state index in [1.165, 1.54) is 23.8 Å². The zero-order valence-electron chi connectivity index (χ0n) is 15.8. The molecule has 0 N–H and O–H groups in total. The van der Waals surface area contributed by atoms with E-state index in [1.807, 2.05) is 0 Å². The second kappa shape index (κ2) is 6.47. The molecule has 0 unspecified atom stereocenters. The van der Waals surface area contributed by atoms with Gasteiger partial charge in [0.2, 0.25) is 0 Å². The van der Waals surface area contributed by atoms with E-state index in [1.54, 1.807) is 7.11 Å². The lowest BCUT2D eigenvalue weighted by Gasteiger charge is -2.49. The summed E-state index contributed by atoms with van der Waals surface area (Å²) in [6, 6.07) is 4.35. The predicted molar refractivity (Wildman–Crippen MR) is 96.0 cm³/mol. The molecule has 3 atom stereocenters. The van der Waals surface area contributed by atoms with E-state index >= 15 is 0 Å². The Bertz CT molecular complexity index is 698. The lowest BCUT2D eigenvalue weighted by atomic mass is 9.54. The highest BCUT2D eigenvalue weighted by Gasteiger charge is 2.53. The van der Waals surface area contributed by atoms with Crippen LogP contribution >= 0.6 is 0 Å². The number of hydrogen-bond acceptors (Lipinski definition) is 4. The second-order valence-electron chi connectivity index (χ2n) is 7.90. The van der Waals surface area contributed by atoms with Crippen molar-refractivity contribution in [2.24, 2.45) is 11.8 Å². The van der Waals surface area contributed by atoms with Crippen molar-refractivity contribution in [2.75, 3.05) is 14.2 Å². The number of hydrogen-bond donors (Lipinski definition) is 0. The van der Waals surface area contributed by atoms with Gasteiger partial charge in [-0.15, -0.1) is 0 Å².